The molecule has 0 radical (unpaired) electrons. The largest absolute Gasteiger partial charge is 0.449 e. The van der Waals surface area contributed by atoms with Gasteiger partial charge in [-0.1, -0.05) is 156 Å². The van der Waals surface area contributed by atoms with Crippen molar-refractivity contribution in [3.8, 4) is 0 Å². The minimum absolute atomic E-state index is 0.126. The van der Waals surface area contributed by atoms with Gasteiger partial charge in [0.15, 0.2) is 0 Å². The number of rotatable bonds is 43. The maximum atomic E-state index is 12.9. The minimum atomic E-state index is -0.220. The van der Waals surface area contributed by atoms with E-state index in [1.807, 2.05) is 9.80 Å². The van der Waals surface area contributed by atoms with Crippen molar-refractivity contribution in [1.29, 1.82) is 0 Å². The molecule has 9 heteroatoms. The van der Waals surface area contributed by atoms with Gasteiger partial charge in [0.2, 0.25) is 5.91 Å². The lowest BCUT2D eigenvalue weighted by atomic mass is 10.1. The van der Waals surface area contributed by atoms with Crippen LogP contribution in [0, 0.1) is 0 Å². The highest BCUT2D eigenvalue weighted by molar-refractivity contribution is 5.73. The summed E-state index contributed by atoms with van der Waals surface area (Å²) in [5.41, 5.74) is 5.38. The van der Waals surface area contributed by atoms with Gasteiger partial charge >= 0.3 is 12.2 Å². The normalized spacial score (nSPS) is 11.3. The van der Waals surface area contributed by atoms with Crippen molar-refractivity contribution in [2.24, 2.45) is 5.73 Å². The molecule has 0 spiro atoms. The lowest BCUT2D eigenvalue weighted by Crippen LogP contribution is -2.33. The Morgan fingerprint density at radius 1 is 0.357 bits per heavy atom. The van der Waals surface area contributed by atoms with E-state index < -0.39 is 0 Å². The second-order valence-corrected chi connectivity index (χ2v) is 16.5. The fourth-order valence-electron chi connectivity index (χ4n) is 7.27. The number of hydrogen-bond donors (Lipinski definition) is 1. The molecule has 56 heavy (non-hydrogen) atoms. The number of nitrogens with zero attached hydrogens (tertiary/aromatic N) is 3. The molecular formula is C47H94N4O5. The Labute approximate surface area is 347 Å². The topological polar surface area (TPSA) is 105 Å². The van der Waals surface area contributed by atoms with Gasteiger partial charge in [0.05, 0.1) is 13.2 Å². The molecule has 0 rings (SSSR count). The zero-order valence-corrected chi connectivity index (χ0v) is 37.7. The van der Waals surface area contributed by atoms with Crippen molar-refractivity contribution in [3.05, 3.63) is 0 Å². The van der Waals surface area contributed by atoms with E-state index in [4.69, 9.17) is 15.2 Å². The van der Waals surface area contributed by atoms with Gasteiger partial charge in [-0.3, -0.25) is 4.79 Å². The summed E-state index contributed by atoms with van der Waals surface area (Å²) >= 11 is 0. The van der Waals surface area contributed by atoms with Crippen LogP contribution < -0.4 is 5.73 Å². The molecule has 0 aliphatic rings. The summed E-state index contributed by atoms with van der Waals surface area (Å²) in [4.78, 5) is 43.6. The zero-order valence-electron chi connectivity index (χ0n) is 37.7. The highest BCUT2D eigenvalue weighted by atomic mass is 16.6. The fraction of sp³-hybridized carbons (Fsp3) is 0.936. The highest BCUT2D eigenvalue weighted by Crippen LogP contribution is 2.13. The highest BCUT2D eigenvalue weighted by Gasteiger charge is 2.16. The number of carbonyl (C=O) groups is 3. The number of unbranched alkanes of at least 4 members (excludes halogenated alkanes) is 23. The van der Waals surface area contributed by atoms with Crippen LogP contribution in [0.2, 0.25) is 0 Å². The van der Waals surface area contributed by atoms with E-state index in [-0.39, 0.29) is 18.1 Å². The van der Waals surface area contributed by atoms with Crippen molar-refractivity contribution in [2.75, 3.05) is 59.0 Å². The van der Waals surface area contributed by atoms with Crippen LogP contribution in [0.3, 0.4) is 0 Å². The van der Waals surface area contributed by atoms with Gasteiger partial charge in [0.1, 0.15) is 0 Å². The minimum Gasteiger partial charge on any atom is -0.449 e. The monoisotopic (exact) mass is 795 g/mol. The van der Waals surface area contributed by atoms with E-state index in [1.54, 1.807) is 0 Å². The molecule has 0 aliphatic carbocycles. The molecule has 0 bridgehead atoms. The SMILES string of the molecule is CCCCCCCCN(CCCCCC)C(=O)OCCCCCCN(CCCCCCOC(=O)N(CCCCCC)CCCCCCCC)CCCCC(N)=O. The van der Waals surface area contributed by atoms with Crippen LogP contribution in [0.25, 0.3) is 0 Å². The van der Waals surface area contributed by atoms with Crippen LogP contribution in [0.5, 0.6) is 0 Å². The van der Waals surface area contributed by atoms with Crippen LogP contribution in [-0.4, -0.2) is 91.8 Å². The number of nitrogens with two attached hydrogens (primary N) is 1. The maximum absolute atomic E-state index is 12.9. The predicted molar refractivity (Wildman–Crippen MR) is 237 cm³/mol. The van der Waals surface area contributed by atoms with E-state index in [0.29, 0.717) is 19.6 Å². The van der Waals surface area contributed by atoms with E-state index >= 15 is 0 Å². The van der Waals surface area contributed by atoms with Gasteiger partial charge in [0.25, 0.3) is 0 Å². The van der Waals surface area contributed by atoms with Crippen LogP contribution in [0.15, 0.2) is 0 Å². The number of amides is 3. The van der Waals surface area contributed by atoms with Crippen LogP contribution in [0.4, 0.5) is 9.59 Å². The molecule has 0 fully saturated rings. The summed E-state index contributed by atoms with van der Waals surface area (Å²) in [7, 11) is 0. The third-order valence-electron chi connectivity index (χ3n) is 11.0. The second-order valence-electron chi connectivity index (χ2n) is 16.5. The molecular weight excluding hydrogens is 701 g/mol. The van der Waals surface area contributed by atoms with Crippen LogP contribution >= 0.6 is 0 Å². The van der Waals surface area contributed by atoms with Gasteiger partial charge in [0, 0.05) is 32.6 Å². The molecule has 0 aromatic rings. The Balaban J connectivity index is 4.50. The molecule has 0 saturated carbocycles. The summed E-state index contributed by atoms with van der Waals surface area (Å²) in [6, 6.07) is 0. The molecule has 0 aromatic carbocycles. The standard InChI is InChI=1S/C47H94N4O5/c1-5-9-13-17-19-30-41-50(39-28-15-11-7-3)46(53)55-43-33-23-21-26-36-49(38-32-25-35-45(48)52)37-27-22-24-34-44-56-47(54)51(40-29-16-12-8-4)42-31-20-18-14-10-6-2/h5-44H2,1-4H3,(H2,48,52). The number of hydrogen-bond acceptors (Lipinski definition) is 6. The van der Waals surface area contributed by atoms with Gasteiger partial charge < -0.3 is 29.9 Å². The van der Waals surface area contributed by atoms with Crippen molar-refractivity contribution in [2.45, 2.75) is 227 Å². The molecule has 3 amide bonds. The Bertz CT molecular complexity index is 818. The van der Waals surface area contributed by atoms with Crippen molar-refractivity contribution in [3.63, 3.8) is 0 Å². The fourth-order valence-corrected chi connectivity index (χ4v) is 7.27. The van der Waals surface area contributed by atoms with E-state index in [2.05, 4.69) is 32.6 Å². The third kappa shape index (κ3) is 36.3. The first-order valence-corrected chi connectivity index (χ1v) is 24.2. The zero-order chi connectivity index (χ0) is 41.2. The number of primary amides is 1. The molecule has 0 aromatic heterocycles. The smallest absolute Gasteiger partial charge is 0.409 e. The number of carbonyl (C=O) groups excluding carboxylic acids is 3. The first-order valence-electron chi connectivity index (χ1n) is 24.2. The van der Waals surface area contributed by atoms with Crippen molar-refractivity contribution < 1.29 is 23.9 Å². The van der Waals surface area contributed by atoms with E-state index in [9.17, 15) is 14.4 Å². The number of ether oxygens (including phenoxy) is 2. The molecule has 0 saturated heterocycles. The Morgan fingerprint density at radius 2 is 0.625 bits per heavy atom. The quantitative estimate of drug-likeness (QED) is 0.0616. The van der Waals surface area contributed by atoms with E-state index in [0.717, 1.165) is 136 Å². The molecule has 2 N–H and O–H groups in total. The molecule has 0 unspecified atom stereocenters. The van der Waals surface area contributed by atoms with Crippen molar-refractivity contribution >= 4 is 18.1 Å². The maximum Gasteiger partial charge on any atom is 0.409 e. The summed E-state index contributed by atoms with van der Waals surface area (Å²) in [5.74, 6) is -0.220. The second kappa shape index (κ2) is 42.6. The molecule has 332 valence electrons. The molecule has 0 atom stereocenters. The van der Waals surface area contributed by atoms with Crippen LogP contribution in [0.1, 0.15) is 227 Å². The summed E-state index contributed by atoms with van der Waals surface area (Å²) in [5, 5.41) is 0. The average Bonchev–Trinajstić information content (AvgIpc) is 3.19. The Morgan fingerprint density at radius 3 is 0.964 bits per heavy atom. The van der Waals surface area contributed by atoms with Crippen LogP contribution in [-0.2, 0) is 14.3 Å². The van der Waals surface area contributed by atoms with Gasteiger partial charge in [-0.15, -0.1) is 0 Å². The average molecular weight is 795 g/mol. The Hall–Kier alpha value is -2.03. The lowest BCUT2D eigenvalue weighted by molar-refractivity contribution is -0.118. The van der Waals surface area contributed by atoms with Gasteiger partial charge in [-0.05, 0) is 83.8 Å². The first-order chi connectivity index (χ1) is 27.4. The summed E-state index contributed by atoms with van der Waals surface area (Å²) in [6.07, 6.45) is 34.5. The third-order valence-corrected chi connectivity index (χ3v) is 11.0. The summed E-state index contributed by atoms with van der Waals surface area (Å²) in [6.45, 7) is 16.3. The predicted octanol–water partition coefficient (Wildman–Crippen LogP) is 12.8. The van der Waals surface area contributed by atoms with E-state index in [1.165, 1.54) is 103 Å². The summed E-state index contributed by atoms with van der Waals surface area (Å²) < 4.78 is 11.5. The molecule has 0 heterocycles. The Kier molecular flexibility index (Phi) is 41.0. The lowest BCUT2D eigenvalue weighted by Gasteiger charge is -2.23. The van der Waals surface area contributed by atoms with Crippen molar-refractivity contribution in [1.82, 2.24) is 14.7 Å². The molecule has 9 nitrogen and oxygen atoms in total. The van der Waals surface area contributed by atoms with Gasteiger partial charge in [-0.25, -0.2) is 9.59 Å². The van der Waals surface area contributed by atoms with Gasteiger partial charge in [-0.2, -0.15) is 0 Å². The first kappa shape index (κ1) is 54.0. The molecule has 0 aliphatic heterocycles.